The number of nitrogens with two attached hydrogens (primary N) is 1. The van der Waals surface area contributed by atoms with Gasteiger partial charge < -0.3 is 15.0 Å². The van der Waals surface area contributed by atoms with Gasteiger partial charge in [0.15, 0.2) is 5.82 Å². The van der Waals surface area contributed by atoms with Crippen LogP contribution in [0.1, 0.15) is 45.8 Å². The van der Waals surface area contributed by atoms with Crippen LogP contribution in [0.4, 0.5) is 0 Å². The van der Waals surface area contributed by atoms with E-state index in [4.69, 9.17) is 15.0 Å². The smallest absolute Gasteiger partial charge is 0.229 e. The molecule has 5 heteroatoms. The van der Waals surface area contributed by atoms with Crippen molar-refractivity contribution in [2.45, 2.75) is 53.1 Å². The van der Waals surface area contributed by atoms with E-state index >= 15 is 0 Å². The maximum absolute atomic E-state index is 5.61. The fourth-order valence-corrected chi connectivity index (χ4v) is 1.60. The van der Waals surface area contributed by atoms with Gasteiger partial charge in [-0.15, -0.1) is 0 Å². The van der Waals surface area contributed by atoms with Gasteiger partial charge in [-0.2, -0.15) is 4.98 Å². The van der Waals surface area contributed by atoms with E-state index in [0.29, 0.717) is 25.5 Å². The van der Waals surface area contributed by atoms with Crippen molar-refractivity contribution in [2.24, 2.45) is 11.1 Å². The molecule has 1 aromatic rings. The summed E-state index contributed by atoms with van der Waals surface area (Å²) in [5.74, 6) is 1.38. The van der Waals surface area contributed by atoms with E-state index in [1.165, 1.54) is 0 Å². The molecule has 2 N–H and O–H groups in total. The minimum atomic E-state index is -0.0362. The van der Waals surface area contributed by atoms with Crippen molar-refractivity contribution < 1.29 is 9.26 Å². The van der Waals surface area contributed by atoms with Gasteiger partial charge in [0.1, 0.15) is 0 Å². The lowest BCUT2D eigenvalue weighted by molar-refractivity contribution is 0.0636. The summed E-state index contributed by atoms with van der Waals surface area (Å²) in [7, 11) is 0. The molecule has 0 bridgehead atoms. The lowest BCUT2D eigenvalue weighted by atomic mass is 9.90. The van der Waals surface area contributed by atoms with E-state index in [1.807, 2.05) is 6.92 Å². The van der Waals surface area contributed by atoms with Crippen LogP contribution >= 0.6 is 0 Å². The number of aromatic nitrogens is 2. The molecule has 1 atom stereocenters. The first kappa shape index (κ1) is 15.1. The lowest BCUT2D eigenvalue weighted by Crippen LogP contribution is -2.26. The predicted molar refractivity (Wildman–Crippen MR) is 70.2 cm³/mol. The van der Waals surface area contributed by atoms with Gasteiger partial charge in [-0.3, -0.25) is 0 Å². The van der Waals surface area contributed by atoms with Crippen LogP contribution in [0.3, 0.4) is 0 Å². The molecule has 0 aliphatic rings. The molecule has 0 fully saturated rings. The van der Waals surface area contributed by atoms with Crippen molar-refractivity contribution in [2.75, 3.05) is 13.2 Å². The third-order valence-electron chi connectivity index (χ3n) is 2.68. The van der Waals surface area contributed by atoms with Crippen LogP contribution in [0.2, 0.25) is 0 Å². The molecule has 0 spiro atoms. The van der Waals surface area contributed by atoms with Gasteiger partial charge in [-0.25, -0.2) is 0 Å². The van der Waals surface area contributed by atoms with E-state index in [-0.39, 0.29) is 11.5 Å². The third-order valence-corrected chi connectivity index (χ3v) is 2.68. The zero-order chi connectivity index (χ0) is 13.6. The van der Waals surface area contributed by atoms with Gasteiger partial charge in [0.05, 0.1) is 12.5 Å². The monoisotopic (exact) mass is 255 g/mol. The van der Waals surface area contributed by atoms with Gasteiger partial charge in [-0.1, -0.05) is 25.9 Å². The molecule has 0 aromatic carbocycles. The van der Waals surface area contributed by atoms with Gasteiger partial charge in [0.25, 0.3) is 0 Å². The predicted octanol–water partition coefficient (Wildman–Crippen LogP) is 1.95. The molecule has 0 amide bonds. The quantitative estimate of drug-likeness (QED) is 0.806. The number of hydrogen-bond acceptors (Lipinski definition) is 5. The van der Waals surface area contributed by atoms with Crippen molar-refractivity contribution in [3.63, 3.8) is 0 Å². The molecule has 104 valence electrons. The molecule has 0 aliphatic heterocycles. The molecule has 18 heavy (non-hydrogen) atoms. The van der Waals surface area contributed by atoms with E-state index in [0.717, 1.165) is 18.7 Å². The molecule has 1 rings (SSSR count). The highest BCUT2D eigenvalue weighted by Crippen LogP contribution is 2.20. The molecule has 0 saturated heterocycles. The molecular formula is C13H25N3O2. The Kier molecular flexibility index (Phi) is 5.75. The van der Waals surface area contributed by atoms with Crippen LogP contribution in [-0.4, -0.2) is 29.4 Å². The fourth-order valence-electron chi connectivity index (χ4n) is 1.60. The highest BCUT2D eigenvalue weighted by molar-refractivity contribution is 4.89. The van der Waals surface area contributed by atoms with E-state index < -0.39 is 0 Å². The first-order valence-corrected chi connectivity index (χ1v) is 6.57. The Bertz CT molecular complexity index is 344. The first-order valence-electron chi connectivity index (χ1n) is 6.57. The number of hydrogen-bond donors (Lipinski definition) is 1. The summed E-state index contributed by atoms with van der Waals surface area (Å²) in [5, 5.41) is 3.98. The van der Waals surface area contributed by atoms with E-state index in [2.05, 4.69) is 30.9 Å². The summed E-state index contributed by atoms with van der Waals surface area (Å²) in [5.41, 5.74) is 5.90. The van der Waals surface area contributed by atoms with Gasteiger partial charge in [0.2, 0.25) is 5.89 Å². The van der Waals surface area contributed by atoms with E-state index in [9.17, 15) is 0 Å². The van der Waals surface area contributed by atoms with Crippen molar-refractivity contribution in [3.05, 3.63) is 11.7 Å². The highest BCUT2D eigenvalue weighted by atomic mass is 16.5. The maximum atomic E-state index is 5.61. The molecule has 1 aromatic heterocycles. The summed E-state index contributed by atoms with van der Waals surface area (Å²) in [6.07, 6.45) is 2.44. The molecule has 5 nitrogen and oxygen atoms in total. The zero-order valence-electron chi connectivity index (χ0n) is 11.9. The second kappa shape index (κ2) is 6.85. The van der Waals surface area contributed by atoms with Crippen LogP contribution in [0.25, 0.3) is 0 Å². The highest BCUT2D eigenvalue weighted by Gasteiger charge is 2.16. The Labute approximate surface area is 109 Å². The summed E-state index contributed by atoms with van der Waals surface area (Å²) in [4.78, 5) is 4.37. The summed E-state index contributed by atoms with van der Waals surface area (Å²) in [6, 6.07) is 0. The second-order valence-corrected chi connectivity index (χ2v) is 5.68. The van der Waals surface area contributed by atoms with Crippen LogP contribution < -0.4 is 5.73 Å². The molecule has 0 saturated carbocycles. The molecule has 1 heterocycles. The largest absolute Gasteiger partial charge is 0.377 e. The van der Waals surface area contributed by atoms with Crippen molar-refractivity contribution in [1.82, 2.24) is 10.1 Å². The van der Waals surface area contributed by atoms with Crippen LogP contribution in [0, 0.1) is 5.41 Å². The normalized spacial score (nSPS) is 13.8. The second-order valence-electron chi connectivity index (χ2n) is 5.68. The molecule has 0 aliphatic carbocycles. The Balaban J connectivity index is 2.47. The van der Waals surface area contributed by atoms with Crippen molar-refractivity contribution in [1.29, 1.82) is 0 Å². The first-order chi connectivity index (χ1) is 8.44. The summed E-state index contributed by atoms with van der Waals surface area (Å²) in [6.45, 7) is 9.67. The average molecular weight is 255 g/mol. The Hall–Kier alpha value is -0.940. The topological polar surface area (TPSA) is 74.2 Å². The lowest BCUT2D eigenvalue weighted by Gasteiger charge is -2.15. The number of rotatable bonds is 7. The van der Waals surface area contributed by atoms with E-state index in [1.54, 1.807) is 0 Å². The van der Waals surface area contributed by atoms with Crippen molar-refractivity contribution >= 4 is 0 Å². The fraction of sp³-hybridized carbons (Fsp3) is 0.846. The standard InChI is InChI=1S/C13H25N3O2/c1-5-17-10(9-14)8-12-15-11(16-18-12)6-7-13(2,3)4/h10H,5-9,14H2,1-4H3. The zero-order valence-corrected chi connectivity index (χ0v) is 11.9. The van der Waals surface area contributed by atoms with Crippen molar-refractivity contribution in [3.8, 4) is 0 Å². The number of nitrogens with zero attached hydrogens (tertiary/aromatic N) is 2. The minimum absolute atomic E-state index is 0.0362. The Morgan fingerprint density at radius 2 is 2.11 bits per heavy atom. The van der Waals surface area contributed by atoms with Crippen LogP contribution in [-0.2, 0) is 17.6 Å². The SMILES string of the molecule is CCOC(CN)Cc1nc(CCC(C)(C)C)no1. The molecule has 1 unspecified atom stereocenters. The maximum Gasteiger partial charge on any atom is 0.229 e. The summed E-state index contributed by atoms with van der Waals surface area (Å²) < 4.78 is 10.7. The number of aryl methyl sites for hydroxylation is 1. The minimum Gasteiger partial charge on any atom is -0.377 e. The third kappa shape index (κ3) is 5.60. The Morgan fingerprint density at radius 1 is 1.39 bits per heavy atom. The summed E-state index contributed by atoms with van der Waals surface area (Å²) >= 11 is 0. The molecule has 0 radical (unpaired) electrons. The average Bonchev–Trinajstić information content (AvgIpc) is 2.73. The van der Waals surface area contributed by atoms with Crippen LogP contribution in [0.15, 0.2) is 4.52 Å². The number of ether oxygens (including phenoxy) is 1. The Morgan fingerprint density at radius 3 is 2.67 bits per heavy atom. The van der Waals surface area contributed by atoms with Crippen LogP contribution in [0.5, 0.6) is 0 Å². The van der Waals surface area contributed by atoms with Gasteiger partial charge in [-0.05, 0) is 18.8 Å². The molecular weight excluding hydrogens is 230 g/mol. The van der Waals surface area contributed by atoms with Gasteiger partial charge in [0, 0.05) is 19.6 Å². The van der Waals surface area contributed by atoms with Gasteiger partial charge >= 0.3 is 0 Å².